The molecule has 2 saturated carbocycles. The second kappa shape index (κ2) is 6.47. The van der Waals surface area contributed by atoms with Crippen LogP contribution in [-0.2, 0) is 14.3 Å². The van der Waals surface area contributed by atoms with Gasteiger partial charge in [0, 0.05) is 13.0 Å². The van der Waals surface area contributed by atoms with Gasteiger partial charge in [-0.25, -0.2) is 0 Å². The van der Waals surface area contributed by atoms with E-state index in [0.29, 0.717) is 25.4 Å². The van der Waals surface area contributed by atoms with Crippen LogP contribution in [-0.4, -0.2) is 29.1 Å². The molecule has 0 bridgehead atoms. The van der Waals surface area contributed by atoms with Gasteiger partial charge in [-0.2, -0.15) is 0 Å². The number of carbonyl (C=O) groups excluding carboxylic acids is 1. The summed E-state index contributed by atoms with van der Waals surface area (Å²) >= 11 is 0. The fourth-order valence-electron chi connectivity index (χ4n) is 6.27. The zero-order valence-electron chi connectivity index (χ0n) is 16.9. The van der Waals surface area contributed by atoms with Crippen LogP contribution in [0.15, 0.2) is 11.6 Å². The smallest absolute Gasteiger partial charge is 0.309 e. The third-order valence-electron chi connectivity index (χ3n) is 7.96. The maximum absolute atomic E-state index is 13.1. The highest BCUT2D eigenvalue weighted by molar-refractivity contribution is 5.98. The number of carboxylic acid groups (broad SMARTS) is 1. The summed E-state index contributed by atoms with van der Waals surface area (Å²) in [6.07, 6.45) is 6.93. The van der Waals surface area contributed by atoms with Gasteiger partial charge in [0.2, 0.25) is 0 Å². The Bertz CT molecular complexity index is 636. The summed E-state index contributed by atoms with van der Waals surface area (Å²) in [4.78, 5) is 25.2. The first-order valence-corrected chi connectivity index (χ1v) is 10.2. The zero-order chi connectivity index (χ0) is 19.3. The first kappa shape index (κ1) is 19.6. The number of Topliss-reactive ketones (excluding diaryl/α,β-unsaturated/α-hetero) is 1. The fraction of sp³-hybridized carbons (Fsp3) is 0.818. The number of allylic oxidation sites excluding steroid dienone is 1. The van der Waals surface area contributed by atoms with Gasteiger partial charge in [0.25, 0.3) is 0 Å². The lowest BCUT2D eigenvalue weighted by molar-refractivity contribution is -0.166. The van der Waals surface area contributed by atoms with Gasteiger partial charge in [-0.3, -0.25) is 9.59 Å². The minimum atomic E-state index is -0.791. The van der Waals surface area contributed by atoms with E-state index < -0.39 is 11.4 Å². The first-order chi connectivity index (χ1) is 12.1. The Labute approximate surface area is 157 Å². The molecular formula is C22H34O4. The Morgan fingerprint density at radius 2 is 2.00 bits per heavy atom. The van der Waals surface area contributed by atoms with Crippen molar-refractivity contribution >= 4 is 11.8 Å². The van der Waals surface area contributed by atoms with Crippen LogP contribution in [0.4, 0.5) is 0 Å². The maximum Gasteiger partial charge on any atom is 0.309 e. The van der Waals surface area contributed by atoms with Crippen LogP contribution in [0, 0.1) is 28.6 Å². The lowest BCUT2D eigenvalue weighted by atomic mass is 9.45. The number of ether oxygens (including phenoxy) is 1. The summed E-state index contributed by atoms with van der Waals surface area (Å²) in [5.74, 6) is -0.189. The van der Waals surface area contributed by atoms with E-state index in [4.69, 9.17) is 4.74 Å². The van der Waals surface area contributed by atoms with Crippen LogP contribution in [0.25, 0.3) is 0 Å². The van der Waals surface area contributed by atoms with Crippen molar-refractivity contribution in [2.75, 3.05) is 6.61 Å². The molecule has 5 atom stereocenters. The van der Waals surface area contributed by atoms with Crippen LogP contribution in [0.3, 0.4) is 0 Å². The molecule has 0 aliphatic heterocycles. The van der Waals surface area contributed by atoms with Crippen molar-refractivity contribution in [2.45, 2.75) is 78.7 Å². The summed E-state index contributed by atoms with van der Waals surface area (Å²) in [7, 11) is 0. The molecule has 3 rings (SSSR count). The second-order valence-electron chi connectivity index (χ2n) is 9.50. The summed E-state index contributed by atoms with van der Waals surface area (Å²) in [5, 5.41) is 9.91. The highest BCUT2D eigenvalue weighted by Crippen LogP contribution is 2.63. The Balaban J connectivity index is 2.05. The van der Waals surface area contributed by atoms with Gasteiger partial charge >= 0.3 is 5.97 Å². The van der Waals surface area contributed by atoms with E-state index in [1.807, 2.05) is 13.8 Å². The minimum Gasteiger partial charge on any atom is -0.481 e. The molecule has 0 aromatic carbocycles. The molecule has 3 aliphatic carbocycles. The monoisotopic (exact) mass is 362 g/mol. The number of hydrogen-bond acceptors (Lipinski definition) is 3. The normalized spacial score (nSPS) is 42.8. The van der Waals surface area contributed by atoms with Gasteiger partial charge in [-0.15, -0.1) is 0 Å². The molecule has 0 spiro atoms. The molecule has 3 aliphatic rings. The Morgan fingerprint density at radius 1 is 1.31 bits per heavy atom. The molecule has 5 unspecified atom stereocenters. The van der Waals surface area contributed by atoms with Gasteiger partial charge in [0.05, 0.1) is 11.0 Å². The van der Waals surface area contributed by atoms with Gasteiger partial charge in [0.1, 0.15) is 0 Å². The predicted molar refractivity (Wildman–Crippen MR) is 101 cm³/mol. The molecule has 26 heavy (non-hydrogen) atoms. The Kier molecular flexibility index (Phi) is 4.88. The second-order valence-corrected chi connectivity index (χ2v) is 9.50. The van der Waals surface area contributed by atoms with Crippen molar-refractivity contribution in [2.24, 2.45) is 28.6 Å². The molecule has 1 N–H and O–H groups in total. The van der Waals surface area contributed by atoms with Crippen molar-refractivity contribution in [3.05, 3.63) is 11.6 Å². The summed E-state index contributed by atoms with van der Waals surface area (Å²) in [5.41, 5.74) is -0.336. The SMILES string of the molecule is CCOC1(C(C)C)C=C2C(=O)CC3C(C)(C(=O)O)CCCC3(C)C2CC1. The molecule has 0 amide bonds. The standard InChI is InChI=1S/C22H34O4/c1-6-26-22(14(2)3)11-8-16-15(13-22)17(23)12-18-20(16,4)9-7-10-21(18,5)19(24)25/h13-14,16,18H,6-12H2,1-5H3,(H,24,25). The first-order valence-electron chi connectivity index (χ1n) is 10.2. The summed E-state index contributed by atoms with van der Waals surface area (Å²) in [6.45, 7) is 11.1. The predicted octanol–water partition coefficient (Wildman–Crippen LogP) is 4.62. The minimum absolute atomic E-state index is 0.0745. The van der Waals surface area contributed by atoms with Crippen LogP contribution < -0.4 is 0 Å². The Morgan fingerprint density at radius 3 is 2.58 bits per heavy atom. The largest absolute Gasteiger partial charge is 0.481 e. The van der Waals surface area contributed by atoms with Crippen molar-refractivity contribution in [1.82, 2.24) is 0 Å². The summed E-state index contributed by atoms with van der Waals surface area (Å²) in [6, 6.07) is 0. The van der Waals surface area contributed by atoms with E-state index in [9.17, 15) is 14.7 Å². The Hall–Kier alpha value is -1.16. The third kappa shape index (κ3) is 2.67. The van der Waals surface area contributed by atoms with Crippen LogP contribution >= 0.6 is 0 Å². The lowest BCUT2D eigenvalue weighted by Gasteiger charge is -2.58. The highest BCUT2D eigenvalue weighted by Gasteiger charge is 2.61. The van der Waals surface area contributed by atoms with E-state index in [1.165, 1.54) is 0 Å². The number of ketones is 1. The average Bonchev–Trinajstić information content (AvgIpc) is 2.57. The van der Waals surface area contributed by atoms with Gasteiger partial charge in [-0.1, -0.05) is 27.2 Å². The van der Waals surface area contributed by atoms with Crippen molar-refractivity contribution < 1.29 is 19.4 Å². The zero-order valence-corrected chi connectivity index (χ0v) is 16.9. The lowest BCUT2D eigenvalue weighted by Crippen LogP contribution is -2.57. The van der Waals surface area contributed by atoms with Crippen LogP contribution in [0.2, 0.25) is 0 Å². The molecule has 0 heterocycles. The third-order valence-corrected chi connectivity index (χ3v) is 7.96. The quantitative estimate of drug-likeness (QED) is 0.792. The van der Waals surface area contributed by atoms with Crippen molar-refractivity contribution in [3.8, 4) is 0 Å². The number of fused-ring (bicyclic) bond motifs is 3. The topological polar surface area (TPSA) is 63.6 Å². The van der Waals surface area contributed by atoms with Gasteiger partial charge < -0.3 is 9.84 Å². The molecule has 0 aromatic rings. The van der Waals surface area contributed by atoms with E-state index in [-0.39, 0.29) is 28.6 Å². The average molecular weight is 363 g/mol. The maximum atomic E-state index is 13.1. The molecular weight excluding hydrogens is 328 g/mol. The molecule has 4 heteroatoms. The highest BCUT2D eigenvalue weighted by atomic mass is 16.5. The number of carbonyl (C=O) groups is 2. The number of aliphatic carboxylic acids is 1. The number of carboxylic acids is 1. The van der Waals surface area contributed by atoms with Crippen LogP contribution in [0.5, 0.6) is 0 Å². The van der Waals surface area contributed by atoms with E-state index in [0.717, 1.165) is 31.3 Å². The van der Waals surface area contributed by atoms with Crippen LogP contribution in [0.1, 0.15) is 73.1 Å². The molecule has 0 radical (unpaired) electrons. The molecule has 0 aromatic heterocycles. The van der Waals surface area contributed by atoms with E-state index in [1.54, 1.807) is 0 Å². The van der Waals surface area contributed by atoms with E-state index in [2.05, 4.69) is 26.8 Å². The molecule has 146 valence electrons. The van der Waals surface area contributed by atoms with Crippen molar-refractivity contribution in [3.63, 3.8) is 0 Å². The van der Waals surface area contributed by atoms with E-state index >= 15 is 0 Å². The van der Waals surface area contributed by atoms with Gasteiger partial charge in [0.15, 0.2) is 5.78 Å². The molecule has 2 fully saturated rings. The fourth-order valence-corrected chi connectivity index (χ4v) is 6.27. The van der Waals surface area contributed by atoms with Crippen molar-refractivity contribution in [1.29, 1.82) is 0 Å². The number of rotatable bonds is 4. The summed E-state index contributed by atoms with van der Waals surface area (Å²) < 4.78 is 6.15. The number of hydrogen-bond donors (Lipinski definition) is 1. The van der Waals surface area contributed by atoms with Gasteiger partial charge in [-0.05, 0) is 74.3 Å². The molecule has 0 saturated heterocycles. The molecule has 4 nitrogen and oxygen atoms in total.